The minimum absolute atomic E-state index is 0.330. The molecule has 1 nitrogen and oxygen atoms in total. The first-order valence-corrected chi connectivity index (χ1v) is 9.59. The minimum Gasteiger partial charge on any atom is -0.284 e. The van der Waals surface area contributed by atoms with Crippen molar-refractivity contribution in [1.82, 2.24) is 0 Å². The predicted molar refractivity (Wildman–Crippen MR) is 111 cm³/mol. The predicted octanol–water partition coefficient (Wildman–Crippen LogP) is 6.91. The Labute approximate surface area is 164 Å². The van der Waals surface area contributed by atoms with E-state index >= 15 is 0 Å². The standard InChI is InChI=1S/C23H19Cl2N/c24-21-12-10-17(14-22(21)25)18-11-13-23(20-9-5-4-8-19(18)20)26-15-16-6-2-1-3-7-16/h1-10,12,14,18H,11,13,15H2. The molecule has 0 saturated carbocycles. The third kappa shape index (κ3) is 3.56. The summed E-state index contributed by atoms with van der Waals surface area (Å²) in [6, 6.07) is 25.0. The summed E-state index contributed by atoms with van der Waals surface area (Å²) in [5.74, 6) is 0.330. The number of nitrogens with zero attached hydrogens (tertiary/aromatic N) is 1. The summed E-state index contributed by atoms with van der Waals surface area (Å²) >= 11 is 12.3. The van der Waals surface area contributed by atoms with Crippen molar-refractivity contribution in [3.8, 4) is 0 Å². The monoisotopic (exact) mass is 379 g/mol. The number of halogens is 2. The zero-order chi connectivity index (χ0) is 17.9. The summed E-state index contributed by atoms with van der Waals surface area (Å²) in [6.45, 7) is 0.724. The molecular formula is C23H19Cl2N. The van der Waals surface area contributed by atoms with Gasteiger partial charge in [0.2, 0.25) is 0 Å². The lowest BCUT2D eigenvalue weighted by molar-refractivity contribution is 0.720. The molecule has 26 heavy (non-hydrogen) atoms. The first-order valence-electron chi connectivity index (χ1n) is 8.84. The first-order chi connectivity index (χ1) is 12.7. The van der Waals surface area contributed by atoms with Gasteiger partial charge in [-0.1, -0.05) is 83.9 Å². The number of fused-ring (bicyclic) bond motifs is 1. The Balaban J connectivity index is 1.67. The van der Waals surface area contributed by atoms with Crippen molar-refractivity contribution >= 4 is 28.9 Å². The Morgan fingerprint density at radius 3 is 2.42 bits per heavy atom. The van der Waals surface area contributed by atoms with E-state index in [-0.39, 0.29) is 0 Å². The Morgan fingerprint density at radius 2 is 1.62 bits per heavy atom. The molecule has 1 atom stereocenters. The van der Waals surface area contributed by atoms with Crippen molar-refractivity contribution in [2.75, 3.05) is 0 Å². The van der Waals surface area contributed by atoms with E-state index in [0.717, 1.165) is 19.4 Å². The molecule has 0 radical (unpaired) electrons. The van der Waals surface area contributed by atoms with E-state index in [1.807, 2.05) is 18.2 Å². The highest BCUT2D eigenvalue weighted by atomic mass is 35.5. The molecule has 0 aromatic heterocycles. The quantitative estimate of drug-likeness (QED) is 0.468. The third-order valence-electron chi connectivity index (χ3n) is 4.96. The van der Waals surface area contributed by atoms with Gasteiger partial charge in [0.1, 0.15) is 0 Å². The van der Waals surface area contributed by atoms with Crippen molar-refractivity contribution < 1.29 is 0 Å². The molecule has 0 fully saturated rings. The number of benzene rings is 3. The van der Waals surface area contributed by atoms with Gasteiger partial charge < -0.3 is 0 Å². The van der Waals surface area contributed by atoms with Crippen molar-refractivity contribution in [3.05, 3.63) is 105 Å². The zero-order valence-corrected chi connectivity index (χ0v) is 15.8. The van der Waals surface area contributed by atoms with Crippen LogP contribution in [0.4, 0.5) is 0 Å². The van der Waals surface area contributed by atoms with E-state index in [2.05, 4.69) is 54.6 Å². The van der Waals surface area contributed by atoms with E-state index in [1.165, 1.54) is 28.0 Å². The number of rotatable bonds is 3. The average molecular weight is 380 g/mol. The van der Waals surface area contributed by atoms with Crippen molar-refractivity contribution in [2.24, 2.45) is 4.99 Å². The lowest BCUT2D eigenvalue weighted by atomic mass is 9.78. The molecule has 3 aromatic rings. The lowest BCUT2D eigenvalue weighted by Gasteiger charge is -2.27. The summed E-state index contributed by atoms with van der Waals surface area (Å²) < 4.78 is 0. The van der Waals surface area contributed by atoms with E-state index < -0.39 is 0 Å². The fraction of sp³-hybridized carbons (Fsp3) is 0.174. The topological polar surface area (TPSA) is 12.4 Å². The van der Waals surface area contributed by atoms with Crippen molar-refractivity contribution in [1.29, 1.82) is 0 Å². The highest BCUT2D eigenvalue weighted by Gasteiger charge is 2.25. The summed E-state index contributed by atoms with van der Waals surface area (Å²) in [5, 5.41) is 1.22. The number of hydrogen-bond donors (Lipinski definition) is 0. The molecule has 0 amide bonds. The molecular weight excluding hydrogens is 361 g/mol. The Kier molecular flexibility index (Phi) is 5.10. The fourth-order valence-corrected chi connectivity index (χ4v) is 3.95. The van der Waals surface area contributed by atoms with Crippen LogP contribution in [0.15, 0.2) is 77.8 Å². The van der Waals surface area contributed by atoms with Crippen LogP contribution in [-0.4, -0.2) is 5.71 Å². The molecule has 0 N–H and O–H groups in total. The molecule has 0 spiro atoms. The minimum atomic E-state index is 0.330. The normalized spacial score (nSPS) is 17.9. The second kappa shape index (κ2) is 7.65. The zero-order valence-electron chi connectivity index (χ0n) is 14.3. The molecule has 1 unspecified atom stereocenters. The fourth-order valence-electron chi connectivity index (χ4n) is 3.64. The largest absolute Gasteiger partial charge is 0.284 e. The SMILES string of the molecule is Clc1ccc(C2CCC(=NCc3ccccc3)c3ccccc32)cc1Cl. The van der Waals surface area contributed by atoms with Gasteiger partial charge in [-0.25, -0.2) is 0 Å². The Hall–Kier alpha value is -2.09. The van der Waals surface area contributed by atoms with Crippen LogP contribution >= 0.6 is 23.2 Å². The van der Waals surface area contributed by atoms with Crippen molar-refractivity contribution in [3.63, 3.8) is 0 Å². The van der Waals surface area contributed by atoms with Crippen LogP contribution in [0.25, 0.3) is 0 Å². The van der Waals surface area contributed by atoms with Crippen LogP contribution in [0.1, 0.15) is 41.0 Å². The van der Waals surface area contributed by atoms with Gasteiger partial charge in [-0.15, -0.1) is 0 Å². The molecule has 3 aromatic carbocycles. The first kappa shape index (κ1) is 17.3. The van der Waals surface area contributed by atoms with E-state index in [0.29, 0.717) is 16.0 Å². The average Bonchev–Trinajstić information content (AvgIpc) is 2.69. The van der Waals surface area contributed by atoms with Crippen LogP contribution in [0.5, 0.6) is 0 Å². The van der Waals surface area contributed by atoms with Crippen LogP contribution in [0.2, 0.25) is 10.0 Å². The second-order valence-electron chi connectivity index (χ2n) is 6.60. The molecule has 0 bridgehead atoms. The van der Waals surface area contributed by atoms with E-state index in [4.69, 9.17) is 28.2 Å². The lowest BCUT2D eigenvalue weighted by Crippen LogP contribution is -2.17. The third-order valence-corrected chi connectivity index (χ3v) is 5.70. The van der Waals surface area contributed by atoms with E-state index in [9.17, 15) is 0 Å². The van der Waals surface area contributed by atoms with Gasteiger partial charge in [-0.3, -0.25) is 4.99 Å². The maximum atomic E-state index is 6.25. The molecule has 130 valence electrons. The summed E-state index contributed by atoms with van der Waals surface area (Å²) in [6.07, 6.45) is 2.00. The van der Waals surface area contributed by atoms with Gasteiger partial charge >= 0.3 is 0 Å². The van der Waals surface area contributed by atoms with Crippen molar-refractivity contribution in [2.45, 2.75) is 25.3 Å². The highest BCUT2D eigenvalue weighted by Crippen LogP contribution is 2.38. The second-order valence-corrected chi connectivity index (χ2v) is 7.41. The Morgan fingerprint density at radius 1 is 0.846 bits per heavy atom. The van der Waals surface area contributed by atoms with Gasteiger partial charge in [0.15, 0.2) is 0 Å². The van der Waals surface area contributed by atoms with Gasteiger partial charge in [0, 0.05) is 11.6 Å². The van der Waals surface area contributed by atoms with Gasteiger partial charge in [0.05, 0.1) is 16.6 Å². The molecule has 1 aliphatic carbocycles. The maximum absolute atomic E-state index is 6.25. The molecule has 0 heterocycles. The molecule has 0 aliphatic heterocycles. The molecule has 1 aliphatic rings. The van der Waals surface area contributed by atoms with Crippen LogP contribution in [-0.2, 0) is 6.54 Å². The molecule has 0 saturated heterocycles. The van der Waals surface area contributed by atoms with Crippen LogP contribution < -0.4 is 0 Å². The molecule has 3 heteroatoms. The number of aliphatic imine (C=N–C) groups is 1. The highest BCUT2D eigenvalue weighted by molar-refractivity contribution is 6.42. The summed E-state index contributed by atoms with van der Waals surface area (Å²) in [4.78, 5) is 4.92. The summed E-state index contributed by atoms with van der Waals surface area (Å²) in [5.41, 5.74) is 6.23. The smallest absolute Gasteiger partial charge is 0.0643 e. The summed E-state index contributed by atoms with van der Waals surface area (Å²) in [7, 11) is 0. The van der Waals surface area contributed by atoms with Gasteiger partial charge in [-0.05, 0) is 47.2 Å². The van der Waals surface area contributed by atoms with E-state index in [1.54, 1.807) is 0 Å². The maximum Gasteiger partial charge on any atom is 0.0643 e. The van der Waals surface area contributed by atoms with Gasteiger partial charge in [0.25, 0.3) is 0 Å². The molecule has 4 rings (SSSR count). The number of hydrogen-bond acceptors (Lipinski definition) is 1. The van der Waals surface area contributed by atoms with Gasteiger partial charge in [-0.2, -0.15) is 0 Å². The Bertz CT molecular complexity index is 947. The van der Waals surface area contributed by atoms with Crippen LogP contribution in [0, 0.1) is 0 Å². The van der Waals surface area contributed by atoms with Crippen LogP contribution in [0.3, 0.4) is 0 Å².